The lowest BCUT2D eigenvalue weighted by molar-refractivity contribution is 0.675. The van der Waals surface area contributed by atoms with E-state index < -0.39 is 0 Å². The third-order valence-electron chi connectivity index (χ3n) is 2.34. The van der Waals surface area contributed by atoms with Crippen molar-refractivity contribution in [1.29, 1.82) is 0 Å². The van der Waals surface area contributed by atoms with Crippen molar-refractivity contribution in [2.45, 2.75) is 6.92 Å². The predicted octanol–water partition coefficient (Wildman–Crippen LogP) is 2.75. The van der Waals surface area contributed by atoms with Gasteiger partial charge in [0.1, 0.15) is 5.83 Å². The van der Waals surface area contributed by atoms with Crippen LogP contribution < -0.4 is 10.6 Å². The van der Waals surface area contributed by atoms with Crippen molar-refractivity contribution < 1.29 is 4.39 Å². The Kier molecular flexibility index (Phi) is 4.46. The summed E-state index contributed by atoms with van der Waals surface area (Å²) in [5.41, 5.74) is 1.67. The number of hydrogen-bond donors (Lipinski definition) is 1. The van der Waals surface area contributed by atoms with Crippen LogP contribution in [-0.4, -0.2) is 4.98 Å². The van der Waals surface area contributed by atoms with Gasteiger partial charge in [-0.1, -0.05) is 44.0 Å². The molecule has 0 aliphatic rings. The van der Waals surface area contributed by atoms with Gasteiger partial charge in [0.25, 0.3) is 0 Å². The highest BCUT2D eigenvalue weighted by atomic mass is 19.1. The molecule has 0 aliphatic heterocycles. The molecule has 0 aliphatic carbocycles. The van der Waals surface area contributed by atoms with Gasteiger partial charge < -0.3 is 4.98 Å². The number of H-pyrrole nitrogens is 1. The molecule has 1 N–H and O–H groups in total. The van der Waals surface area contributed by atoms with Crippen LogP contribution in [0.1, 0.15) is 11.3 Å². The summed E-state index contributed by atoms with van der Waals surface area (Å²) >= 11 is 0. The Morgan fingerprint density at radius 2 is 2.00 bits per heavy atom. The van der Waals surface area contributed by atoms with Gasteiger partial charge in [-0.05, 0) is 19.1 Å². The van der Waals surface area contributed by atoms with Crippen molar-refractivity contribution in [2.24, 2.45) is 0 Å². The number of rotatable bonds is 4. The zero-order chi connectivity index (χ0) is 12.8. The van der Waals surface area contributed by atoms with Crippen molar-refractivity contribution in [2.75, 3.05) is 0 Å². The second-order valence-electron chi connectivity index (χ2n) is 3.58. The highest BCUT2D eigenvalue weighted by Gasteiger charge is 2.01. The number of hydrogen-bond acceptors (Lipinski definition) is 0. The highest BCUT2D eigenvalue weighted by Crippen LogP contribution is 2.06. The first-order valence-corrected chi connectivity index (χ1v) is 5.26. The van der Waals surface area contributed by atoms with Gasteiger partial charge in [-0.25, -0.2) is 4.39 Å². The minimum atomic E-state index is -0.366. The molecule has 0 aromatic carbocycles. The van der Waals surface area contributed by atoms with Crippen molar-refractivity contribution in [1.82, 2.24) is 4.98 Å². The van der Waals surface area contributed by atoms with Gasteiger partial charge in [0.05, 0.1) is 0 Å². The molecule has 88 valence electrons. The van der Waals surface area contributed by atoms with Gasteiger partial charge in [-0.2, -0.15) is 0 Å². The summed E-state index contributed by atoms with van der Waals surface area (Å²) in [6, 6.07) is 0. The number of aromatic nitrogens is 1. The van der Waals surface area contributed by atoms with Crippen LogP contribution in [0.15, 0.2) is 43.3 Å². The second kappa shape index (κ2) is 5.85. The van der Waals surface area contributed by atoms with E-state index in [0.29, 0.717) is 0 Å². The quantitative estimate of drug-likeness (QED) is 0.764. The first kappa shape index (κ1) is 13.0. The largest absolute Gasteiger partial charge is 0.359 e. The number of aryl methyl sites for hydroxylation is 1. The molecule has 0 fully saturated rings. The maximum absolute atomic E-state index is 13.2. The van der Waals surface area contributed by atoms with Gasteiger partial charge in [0.15, 0.2) is 0 Å². The monoisotopic (exact) mass is 229 g/mol. The smallest absolute Gasteiger partial charge is 0.123 e. The SMILES string of the molecule is C=C/C=C\C=c1\c(/C=C(/F)C=C)c(C)[nH]c1=C. The van der Waals surface area contributed by atoms with E-state index in [1.165, 1.54) is 12.2 Å². The minimum absolute atomic E-state index is 0.366. The molecule has 2 heteroatoms. The maximum atomic E-state index is 13.2. The Hall–Kier alpha value is -2.09. The summed E-state index contributed by atoms with van der Waals surface area (Å²) in [6.45, 7) is 12.8. The molecule has 1 aromatic heterocycles. The van der Waals surface area contributed by atoms with Crippen molar-refractivity contribution >= 4 is 18.7 Å². The summed E-state index contributed by atoms with van der Waals surface area (Å²) in [6.07, 6.45) is 9.82. The van der Waals surface area contributed by atoms with Crippen molar-refractivity contribution in [3.63, 3.8) is 0 Å². The molecular weight excluding hydrogens is 213 g/mol. The van der Waals surface area contributed by atoms with Crippen LogP contribution >= 0.6 is 0 Å². The highest BCUT2D eigenvalue weighted by molar-refractivity contribution is 5.60. The maximum Gasteiger partial charge on any atom is 0.123 e. The van der Waals surface area contributed by atoms with Gasteiger partial charge in [0.2, 0.25) is 0 Å². The van der Waals surface area contributed by atoms with Crippen LogP contribution in [0.3, 0.4) is 0 Å². The molecule has 1 nitrogen and oxygen atoms in total. The third kappa shape index (κ3) is 3.18. The predicted molar refractivity (Wildman–Crippen MR) is 73.4 cm³/mol. The molecule has 0 unspecified atom stereocenters. The normalized spacial score (nSPS) is 13.3. The standard InChI is InChI=1S/C15H16FN/c1-5-7-8-9-14-11(3)17-12(4)15(14)10-13(16)6-2/h5-10,17H,1-3H2,4H3/b8-7-,13-10+,14-9+. The molecule has 17 heavy (non-hydrogen) atoms. The Bertz CT molecular complexity index is 585. The van der Waals surface area contributed by atoms with E-state index in [0.717, 1.165) is 21.8 Å². The van der Waals surface area contributed by atoms with Crippen LogP contribution in [0.4, 0.5) is 4.39 Å². The molecule has 0 saturated heterocycles. The summed E-state index contributed by atoms with van der Waals surface area (Å²) in [4.78, 5) is 3.08. The van der Waals surface area contributed by atoms with Gasteiger partial charge >= 0.3 is 0 Å². The average Bonchev–Trinajstić information content (AvgIpc) is 2.56. The van der Waals surface area contributed by atoms with E-state index in [4.69, 9.17) is 0 Å². The second-order valence-corrected chi connectivity index (χ2v) is 3.58. The third-order valence-corrected chi connectivity index (χ3v) is 2.34. The fraction of sp³-hybridized carbons (Fsp3) is 0.0667. The van der Waals surface area contributed by atoms with Gasteiger partial charge in [-0.15, -0.1) is 0 Å². The molecule has 1 aromatic rings. The number of allylic oxidation sites excluding steroid dienone is 5. The Morgan fingerprint density at radius 3 is 2.59 bits per heavy atom. The van der Waals surface area contributed by atoms with Crippen molar-refractivity contribution in [3.05, 3.63) is 65.1 Å². The Balaban J connectivity index is 3.44. The van der Waals surface area contributed by atoms with E-state index in [9.17, 15) is 4.39 Å². The molecule has 0 radical (unpaired) electrons. The number of halogens is 1. The molecule has 0 amide bonds. The summed E-state index contributed by atoms with van der Waals surface area (Å²) in [5, 5.41) is 1.64. The summed E-state index contributed by atoms with van der Waals surface area (Å²) in [7, 11) is 0. The average molecular weight is 229 g/mol. The lowest BCUT2D eigenvalue weighted by Gasteiger charge is -1.91. The van der Waals surface area contributed by atoms with Crippen LogP contribution in [0.2, 0.25) is 0 Å². The molecule has 1 heterocycles. The van der Waals surface area contributed by atoms with E-state index >= 15 is 0 Å². The fourth-order valence-electron chi connectivity index (χ4n) is 1.53. The topological polar surface area (TPSA) is 15.8 Å². The Labute approximate surface area is 101 Å². The van der Waals surface area contributed by atoms with E-state index in [1.54, 1.807) is 12.2 Å². The summed E-state index contributed by atoms with van der Waals surface area (Å²) in [5.74, 6) is -0.366. The van der Waals surface area contributed by atoms with Gasteiger partial charge in [-0.3, -0.25) is 0 Å². The molecular formula is C15H16FN. The zero-order valence-electron chi connectivity index (χ0n) is 9.96. The zero-order valence-corrected chi connectivity index (χ0v) is 9.96. The first-order valence-electron chi connectivity index (χ1n) is 5.26. The molecule has 0 spiro atoms. The summed E-state index contributed by atoms with van der Waals surface area (Å²) < 4.78 is 13.2. The number of aromatic amines is 1. The minimum Gasteiger partial charge on any atom is -0.359 e. The molecule has 0 atom stereocenters. The molecule has 0 saturated carbocycles. The van der Waals surface area contributed by atoms with E-state index in [1.807, 2.05) is 19.1 Å². The van der Waals surface area contributed by atoms with Crippen LogP contribution in [0.5, 0.6) is 0 Å². The molecule has 0 bridgehead atoms. The fourth-order valence-corrected chi connectivity index (χ4v) is 1.53. The Morgan fingerprint density at radius 1 is 1.29 bits per heavy atom. The van der Waals surface area contributed by atoms with Crippen LogP contribution in [-0.2, 0) is 0 Å². The number of nitrogens with one attached hydrogen (secondary N) is 1. The van der Waals surface area contributed by atoms with Crippen molar-refractivity contribution in [3.8, 4) is 0 Å². The van der Waals surface area contributed by atoms with Gasteiger partial charge in [0, 0.05) is 21.8 Å². The van der Waals surface area contributed by atoms with Crippen LogP contribution in [0, 0.1) is 6.92 Å². The molecule has 1 rings (SSSR count). The lowest BCUT2D eigenvalue weighted by atomic mass is 10.1. The van der Waals surface area contributed by atoms with E-state index in [2.05, 4.69) is 24.7 Å². The van der Waals surface area contributed by atoms with Crippen LogP contribution in [0.25, 0.3) is 18.7 Å². The first-order chi connectivity index (χ1) is 8.10. The van der Waals surface area contributed by atoms with E-state index in [-0.39, 0.29) is 5.83 Å². The lowest BCUT2D eigenvalue weighted by Crippen LogP contribution is -2.21.